The fourth-order valence-electron chi connectivity index (χ4n) is 2.90. The molecule has 0 saturated heterocycles. The minimum atomic E-state index is -0.384. The van der Waals surface area contributed by atoms with Crippen LogP contribution in [0.5, 0.6) is 0 Å². The first-order valence-electron chi connectivity index (χ1n) is 6.21. The van der Waals surface area contributed by atoms with E-state index in [9.17, 15) is 4.79 Å². The van der Waals surface area contributed by atoms with E-state index in [2.05, 4.69) is 42.5 Å². The Kier molecular flexibility index (Phi) is 1.88. The molecule has 0 radical (unpaired) electrons. The molecule has 0 aliphatic rings. The largest absolute Gasteiger partial charge is 0.366 e. The topological polar surface area (TPSA) is 43.1 Å². The van der Waals surface area contributed by atoms with Crippen molar-refractivity contribution in [2.45, 2.75) is 0 Å². The number of nitrogens with two attached hydrogens (primary N) is 1. The minimum Gasteiger partial charge on any atom is -0.366 e. The van der Waals surface area contributed by atoms with Crippen molar-refractivity contribution in [1.82, 2.24) is 0 Å². The molecule has 0 aliphatic heterocycles. The predicted molar refractivity (Wildman–Crippen MR) is 78.7 cm³/mol. The Morgan fingerprint density at radius 3 is 1.74 bits per heavy atom. The van der Waals surface area contributed by atoms with Crippen LogP contribution in [0.25, 0.3) is 32.3 Å². The van der Waals surface area contributed by atoms with Crippen molar-refractivity contribution < 1.29 is 4.79 Å². The number of carbonyl (C=O) groups excluding carboxylic acids is 1. The lowest BCUT2D eigenvalue weighted by atomic mass is 9.93. The van der Waals surface area contributed by atoms with Gasteiger partial charge in [0.15, 0.2) is 0 Å². The van der Waals surface area contributed by atoms with E-state index < -0.39 is 0 Å². The van der Waals surface area contributed by atoms with Gasteiger partial charge in [0.25, 0.3) is 0 Å². The Morgan fingerprint density at radius 2 is 1.21 bits per heavy atom. The van der Waals surface area contributed by atoms with Crippen LogP contribution in [0.2, 0.25) is 0 Å². The van der Waals surface area contributed by atoms with Crippen LogP contribution in [0.15, 0.2) is 54.6 Å². The second-order valence-corrected chi connectivity index (χ2v) is 4.87. The van der Waals surface area contributed by atoms with E-state index >= 15 is 0 Å². The zero-order valence-electron chi connectivity index (χ0n) is 10.2. The first-order valence-corrected chi connectivity index (χ1v) is 6.21. The molecule has 4 rings (SSSR count). The van der Waals surface area contributed by atoms with Gasteiger partial charge in [-0.2, -0.15) is 0 Å². The van der Waals surface area contributed by atoms with Gasteiger partial charge in [-0.05, 0) is 44.5 Å². The Morgan fingerprint density at radius 1 is 0.737 bits per heavy atom. The fraction of sp³-hybridized carbons (Fsp3) is 0. The molecule has 0 aliphatic carbocycles. The molecule has 4 aromatic rings. The van der Waals surface area contributed by atoms with Gasteiger partial charge >= 0.3 is 0 Å². The quantitative estimate of drug-likeness (QED) is 0.511. The number of hydrogen-bond acceptors (Lipinski definition) is 1. The van der Waals surface area contributed by atoms with Crippen LogP contribution < -0.4 is 5.73 Å². The Labute approximate surface area is 109 Å². The van der Waals surface area contributed by atoms with Crippen molar-refractivity contribution >= 4 is 38.2 Å². The van der Waals surface area contributed by atoms with Crippen LogP contribution in [0.4, 0.5) is 0 Å². The lowest BCUT2D eigenvalue weighted by molar-refractivity contribution is 0.100. The molecule has 1 amide bonds. The summed E-state index contributed by atoms with van der Waals surface area (Å²) in [5, 5.41) is 7.05. The van der Waals surface area contributed by atoms with E-state index in [1.54, 1.807) is 0 Å². The van der Waals surface area contributed by atoms with Gasteiger partial charge in [-0.25, -0.2) is 0 Å². The van der Waals surface area contributed by atoms with Crippen LogP contribution in [0, 0.1) is 0 Å². The molecular formula is C17H11NO. The lowest BCUT2D eigenvalue weighted by Gasteiger charge is -2.11. The van der Waals surface area contributed by atoms with Crippen molar-refractivity contribution in [2.75, 3.05) is 0 Å². The van der Waals surface area contributed by atoms with E-state index in [0.29, 0.717) is 5.56 Å². The van der Waals surface area contributed by atoms with Gasteiger partial charge in [-0.1, -0.05) is 42.5 Å². The van der Waals surface area contributed by atoms with Crippen LogP contribution in [0.3, 0.4) is 0 Å². The molecule has 0 saturated carbocycles. The average Bonchev–Trinajstić information content (AvgIpc) is 2.44. The highest BCUT2D eigenvalue weighted by Gasteiger charge is 2.10. The maximum absolute atomic E-state index is 11.4. The van der Waals surface area contributed by atoms with Crippen molar-refractivity contribution in [2.24, 2.45) is 5.73 Å². The third kappa shape index (κ3) is 1.34. The summed E-state index contributed by atoms with van der Waals surface area (Å²) in [7, 11) is 0. The van der Waals surface area contributed by atoms with Crippen molar-refractivity contribution in [1.29, 1.82) is 0 Å². The fourth-order valence-corrected chi connectivity index (χ4v) is 2.90. The highest BCUT2D eigenvalue weighted by atomic mass is 16.1. The summed E-state index contributed by atoms with van der Waals surface area (Å²) >= 11 is 0. The van der Waals surface area contributed by atoms with E-state index in [1.807, 2.05) is 12.1 Å². The monoisotopic (exact) mass is 245 g/mol. The average molecular weight is 245 g/mol. The van der Waals surface area contributed by atoms with Gasteiger partial charge < -0.3 is 5.73 Å². The van der Waals surface area contributed by atoms with Crippen LogP contribution in [-0.2, 0) is 0 Å². The Bertz CT molecular complexity index is 876. The SMILES string of the molecule is NC(=O)c1cc2ccc3cccc4ccc(c1)c2c34. The summed E-state index contributed by atoms with van der Waals surface area (Å²) in [5.74, 6) is -0.384. The first kappa shape index (κ1) is 10.3. The number of primary amides is 1. The van der Waals surface area contributed by atoms with Crippen LogP contribution in [-0.4, -0.2) is 5.91 Å². The highest BCUT2D eigenvalue weighted by Crippen LogP contribution is 2.34. The van der Waals surface area contributed by atoms with Crippen LogP contribution >= 0.6 is 0 Å². The smallest absolute Gasteiger partial charge is 0.248 e. The lowest BCUT2D eigenvalue weighted by Crippen LogP contribution is -2.10. The zero-order valence-corrected chi connectivity index (χ0v) is 10.2. The second-order valence-electron chi connectivity index (χ2n) is 4.87. The molecule has 0 spiro atoms. The van der Waals surface area contributed by atoms with Gasteiger partial charge in [0, 0.05) is 5.56 Å². The second kappa shape index (κ2) is 3.45. The third-order valence-electron chi connectivity index (χ3n) is 3.75. The molecule has 2 N–H and O–H groups in total. The summed E-state index contributed by atoms with van der Waals surface area (Å²) in [4.78, 5) is 11.4. The Balaban J connectivity index is 2.32. The predicted octanol–water partition coefficient (Wildman–Crippen LogP) is 3.68. The van der Waals surface area contributed by atoms with E-state index in [-0.39, 0.29) is 5.91 Å². The standard InChI is InChI=1S/C17H11NO/c18-17(19)14-8-12-6-4-10-2-1-3-11-5-7-13(9-14)16(12)15(10)11/h1-9H,(H2,18,19). The molecule has 90 valence electrons. The first-order chi connectivity index (χ1) is 9.24. The van der Waals surface area contributed by atoms with Gasteiger partial charge in [0.1, 0.15) is 0 Å². The molecule has 0 atom stereocenters. The van der Waals surface area contributed by atoms with Crippen molar-refractivity contribution in [3.05, 3.63) is 60.2 Å². The number of amides is 1. The van der Waals surface area contributed by atoms with Gasteiger partial charge in [0.05, 0.1) is 0 Å². The van der Waals surface area contributed by atoms with Crippen molar-refractivity contribution in [3.63, 3.8) is 0 Å². The normalized spacial score (nSPS) is 11.6. The van der Waals surface area contributed by atoms with E-state index in [4.69, 9.17) is 5.73 Å². The highest BCUT2D eigenvalue weighted by molar-refractivity contribution is 6.24. The summed E-state index contributed by atoms with van der Waals surface area (Å²) < 4.78 is 0. The summed E-state index contributed by atoms with van der Waals surface area (Å²) in [5.41, 5.74) is 5.95. The summed E-state index contributed by atoms with van der Waals surface area (Å²) in [6.07, 6.45) is 0. The minimum absolute atomic E-state index is 0.384. The number of hydrogen-bond donors (Lipinski definition) is 1. The van der Waals surface area contributed by atoms with E-state index in [0.717, 1.165) is 10.8 Å². The molecule has 0 heterocycles. The molecule has 2 nitrogen and oxygen atoms in total. The van der Waals surface area contributed by atoms with Crippen molar-refractivity contribution in [3.8, 4) is 0 Å². The molecule has 0 fully saturated rings. The maximum Gasteiger partial charge on any atom is 0.248 e. The number of carbonyl (C=O) groups is 1. The summed E-state index contributed by atoms with van der Waals surface area (Å²) in [6, 6.07) is 18.3. The van der Waals surface area contributed by atoms with E-state index in [1.165, 1.54) is 21.5 Å². The maximum atomic E-state index is 11.4. The van der Waals surface area contributed by atoms with Gasteiger partial charge in [-0.15, -0.1) is 0 Å². The molecule has 0 aromatic heterocycles. The molecule has 4 aromatic carbocycles. The third-order valence-corrected chi connectivity index (χ3v) is 3.75. The number of rotatable bonds is 1. The molecule has 0 bridgehead atoms. The van der Waals surface area contributed by atoms with Gasteiger partial charge in [0.2, 0.25) is 5.91 Å². The Hall–Kier alpha value is -2.61. The number of benzene rings is 4. The zero-order chi connectivity index (χ0) is 13.0. The van der Waals surface area contributed by atoms with Crippen LogP contribution in [0.1, 0.15) is 10.4 Å². The molecule has 0 unspecified atom stereocenters. The molecular weight excluding hydrogens is 234 g/mol. The molecule has 2 heteroatoms. The summed E-state index contributed by atoms with van der Waals surface area (Å²) in [6.45, 7) is 0. The molecule has 19 heavy (non-hydrogen) atoms. The van der Waals surface area contributed by atoms with Gasteiger partial charge in [-0.3, -0.25) is 4.79 Å².